The Morgan fingerprint density at radius 1 is 0.667 bits per heavy atom. The fraction of sp³-hybridized carbons (Fsp3) is 0.296. The fourth-order valence-electron chi connectivity index (χ4n) is 3.86. The molecule has 0 saturated carbocycles. The SMILES string of the molecule is NC(=O)CCNC[C@@H](NC[C@@H](NC[C@@H](N)c1ccc(O)cc1)c1ccc(O)cc1)c1ccc(O)cc1. The van der Waals surface area contributed by atoms with Crippen LogP contribution in [0.25, 0.3) is 0 Å². The van der Waals surface area contributed by atoms with Gasteiger partial charge in [0.25, 0.3) is 0 Å². The number of hydrogen-bond acceptors (Lipinski definition) is 8. The summed E-state index contributed by atoms with van der Waals surface area (Å²) < 4.78 is 0. The van der Waals surface area contributed by atoms with Gasteiger partial charge in [0.2, 0.25) is 5.91 Å². The molecule has 0 bridgehead atoms. The van der Waals surface area contributed by atoms with Crippen LogP contribution < -0.4 is 27.4 Å². The van der Waals surface area contributed by atoms with Crippen LogP contribution in [0.3, 0.4) is 0 Å². The number of nitrogens with one attached hydrogen (secondary N) is 3. The minimum absolute atomic E-state index is 0.106. The van der Waals surface area contributed by atoms with Crippen LogP contribution >= 0.6 is 0 Å². The van der Waals surface area contributed by atoms with Crippen LogP contribution in [0.5, 0.6) is 17.2 Å². The molecule has 0 aromatic heterocycles. The van der Waals surface area contributed by atoms with Gasteiger partial charge >= 0.3 is 0 Å². The van der Waals surface area contributed by atoms with Gasteiger partial charge in [-0.3, -0.25) is 4.79 Å². The van der Waals surface area contributed by atoms with Gasteiger partial charge in [-0.2, -0.15) is 0 Å². The van der Waals surface area contributed by atoms with Crippen LogP contribution in [0.15, 0.2) is 72.8 Å². The quantitative estimate of drug-likeness (QED) is 0.158. The average Bonchev–Trinajstić information content (AvgIpc) is 2.86. The highest BCUT2D eigenvalue weighted by Gasteiger charge is 2.18. The molecule has 0 spiro atoms. The Morgan fingerprint density at radius 2 is 1.08 bits per heavy atom. The second-order valence-electron chi connectivity index (χ2n) is 8.72. The molecular weight excluding hydrogens is 458 g/mol. The first-order valence-corrected chi connectivity index (χ1v) is 11.9. The van der Waals surface area contributed by atoms with Crippen molar-refractivity contribution in [3.63, 3.8) is 0 Å². The maximum atomic E-state index is 11.1. The van der Waals surface area contributed by atoms with Crippen molar-refractivity contribution in [2.24, 2.45) is 11.5 Å². The molecule has 10 N–H and O–H groups in total. The molecule has 0 aliphatic carbocycles. The van der Waals surface area contributed by atoms with Gasteiger partial charge in [0, 0.05) is 50.7 Å². The van der Waals surface area contributed by atoms with Crippen molar-refractivity contribution in [2.45, 2.75) is 24.5 Å². The topological polar surface area (TPSA) is 166 Å². The van der Waals surface area contributed by atoms with E-state index < -0.39 is 0 Å². The van der Waals surface area contributed by atoms with Gasteiger partial charge in [-0.15, -0.1) is 0 Å². The third-order valence-corrected chi connectivity index (χ3v) is 5.96. The number of phenolic OH excluding ortho intramolecular Hbond substituents is 3. The molecule has 9 heteroatoms. The van der Waals surface area contributed by atoms with E-state index in [2.05, 4.69) is 16.0 Å². The van der Waals surface area contributed by atoms with E-state index in [9.17, 15) is 20.1 Å². The predicted octanol–water partition coefficient (Wildman–Crippen LogP) is 1.93. The first-order chi connectivity index (χ1) is 17.3. The summed E-state index contributed by atoms with van der Waals surface area (Å²) in [7, 11) is 0. The van der Waals surface area contributed by atoms with Crippen molar-refractivity contribution < 1.29 is 20.1 Å². The third-order valence-electron chi connectivity index (χ3n) is 5.96. The van der Waals surface area contributed by atoms with E-state index >= 15 is 0 Å². The van der Waals surface area contributed by atoms with E-state index in [0.717, 1.165) is 16.7 Å². The number of carbonyl (C=O) groups excluding carboxylic acids is 1. The molecule has 0 heterocycles. The maximum absolute atomic E-state index is 11.1. The molecular formula is C27H35N5O4. The Labute approximate surface area is 211 Å². The smallest absolute Gasteiger partial charge is 0.218 e. The lowest BCUT2D eigenvalue weighted by molar-refractivity contribution is -0.117. The van der Waals surface area contributed by atoms with Crippen LogP contribution in [0.1, 0.15) is 41.2 Å². The molecule has 3 atom stereocenters. The standard InChI is InChI=1S/C27H35N5O4/c28-24(18-1-7-21(33)8-2-18)15-31-26(20-5-11-23(35)12-6-20)17-32-25(16-30-14-13-27(29)36)19-3-9-22(34)10-4-19/h1-12,24-26,30-35H,13-17,28H2,(H2,29,36)/t24-,25-,26-/m1/s1. The van der Waals surface area contributed by atoms with Crippen LogP contribution in [-0.2, 0) is 4.79 Å². The number of rotatable bonds is 14. The number of hydrogen-bond donors (Lipinski definition) is 8. The number of aromatic hydroxyl groups is 3. The first kappa shape index (κ1) is 27.0. The predicted molar refractivity (Wildman–Crippen MR) is 139 cm³/mol. The molecule has 0 unspecified atom stereocenters. The minimum Gasteiger partial charge on any atom is -0.508 e. The van der Waals surface area contributed by atoms with E-state index in [0.29, 0.717) is 26.2 Å². The molecule has 192 valence electrons. The van der Waals surface area contributed by atoms with Crippen molar-refractivity contribution in [2.75, 3.05) is 26.2 Å². The molecule has 3 aromatic carbocycles. The molecule has 0 aliphatic heterocycles. The van der Waals surface area contributed by atoms with E-state index in [1.165, 1.54) is 0 Å². The van der Waals surface area contributed by atoms with Gasteiger partial charge in [-0.25, -0.2) is 0 Å². The highest BCUT2D eigenvalue weighted by molar-refractivity contribution is 5.73. The van der Waals surface area contributed by atoms with Crippen molar-refractivity contribution in [1.29, 1.82) is 0 Å². The second-order valence-corrected chi connectivity index (χ2v) is 8.72. The number of amides is 1. The second kappa shape index (κ2) is 13.5. The summed E-state index contributed by atoms with van der Waals surface area (Å²) in [5.74, 6) is 0.200. The molecule has 0 saturated heterocycles. The zero-order valence-corrected chi connectivity index (χ0v) is 20.1. The monoisotopic (exact) mass is 493 g/mol. The van der Waals surface area contributed by atoms with E-state index in [1.807, 2.05) is 24.3 Å². The van der Waals surface area contributed by atoms with Crippen LogP contribution in [0.4, 0.5) is 0 Å². The zero-order chi connectivity index (χ0) is 25.9. The normalized spacial score (nSPS) is 13.7. The molecule has 3 rings (SSSR count). The summed E-state index contributed by atoms with van der Waals surface area (Å²) in [6, 6.07) is 20.3. The Balaban J connectivity index is 1.70. The molecule has 0 aliphatic rings. The van der Waals surface area contributed by atoms with Gasteiger partial charge in [-0.05, 0) is 53.1 Å². The van der Waals surface area contributed by atoms with Crippen molar-refractivity contribution >= 4 is 5.91 Å². The Morgan fingerprint density at radius 3 is 1.56 bits per heavy atom. The fourth-order valence-corrected chi connectivity index (χ4v) is 3.86. The lowest BCUT2D eigenvalue weighted by Crippen LogP contribution is -2.40. The molecule has 9 nitrogen and oxygen atoms in total. The average molecular weight is 494 g/mol. The van der Waals surface area contributed by atoms with E-state index in [4.69, 9.17) is 11.5 Å². The summed E-state index contributed by atoms with van der Waals surface area (Å²) in [6.07, 6.45) is 0.245. The Kier molecular flexibility index (Phi) is 10.1. The number of nitrogens with two attached hydrogens (primary N) is 2. The molecule has 1 amide bonds. The number of primary amides is 1. The maximum Gasteiger partial charge on any atom is 0.218 e. The summed E-state index contributed by atoms with van der Waals surface area (Å²) in [4.78, 5) is 11.1. The summed E-state index contributed by atoms with van der Waals surface area (Å²) in [5.41, 5.74) is 14.5. The molecule has 3 aromatic rings. The largest absolute Gasteiger partial charge is 0.508 e. The zero-order valence-electron chi connectivity index (χ0n) is 20.1. The highest BCUT2D eigenvalue weighted by atomic mass is 16.3. The van der Waals surface area contributed by atoms with Crippen molar-refractivity contribution in [3.8, 4) is 17.2 Å². The summed E-state index contributed by atoms with van der Waals surface area (Å²) >= 11 is 0. The summed E-state index contributed by atoms with van der Waals surface area (Å²) in [5, 5.41) is 39.3. The highest BCUT2D eigenvalue weighted by Crippen LogP contribution is 2.21. The number of carbonyl (C=O) groups is 1. The van der Waals surface area contributed by atoms with Crippen molar-refractivity contribution in [1.82, 2.24) is 16.0 Å². The number of phenols is 3. The molecule has 0 fully saturated rings. The Bertz CT molecular complexity index is 1070. The van der Waals surface area contributed by atoms with Crippen LogP contribution in [-0.4, -0.2) is 47.4 Å². The summed E-state index contributed by atoms with van der Waals surface area (Å²) in [6.45, 7) is 2.04. The van der Waals surface area contributed by atoms with E-state index in [1.54, 1.807) is 48.5 Å². The van der Waals surface area contributed by atoms with Gasteiger partial charge in [0.15, 0.2) is 0 Å². The number of benzene rings is 3. The first-order valence-electron chi connectivity index (χ1n) is 11.9. The third kappa shape index (κ3) is 8.54. The van der Waals surface area contributed by atoms with Gasteiger partial charge in [0.05, 0.1) is 0 Å². The van der Waals surface area contributed by atoms with Crippen LogP contribution in [0.2, 0.25) is 0 Å². The lowest BCUT2D eigenvalue weighted by atomic mass is 10.0. The van der Waals surface area contributed by atoms with Gasteiger partial charge < -0.3 is 42.7 Å². The Hall–Kier alpha value is -3.63. The minimum atomic E-state index is -0.363. The van der Waals surface area contributed by atoms with Crippen LogP contribution in [0, 0.1) is 0 Å². The molecule has 36 heavy (non-hydrogen) atoms. The van der Waals surface area contributed by atoms with Crippen molar-refractivity contribution in [3.05, 3.63) is 89.5 Å². The lowest BCUT2D eigenvalue weighted by Gasteiger charge is -2.26. The molecule has 0 radical (unpaired) electrons. The van der Waals surface area contributed by atoms with Gasteiger partial charge in [0.1, 0.15) is 17.2 Å². The van der Waals surface area contributed by atoms with E-state index in [-0.39, 0.29) is 47.7 Å². The van der Waals surface area contributed by atoms with Gasteiger partial charge in [-0.1, -0.05) is 36.4 Å².